The number of hydrogen-bond acceptors (Lipinski definition) is 2. The molecule has 5 heteroatoms. The van der Waals surface area contributed by atoms with Crippen molar-refractivity contribution in [3.05, 3.63) is 0 Å². The molecule has 0 spiro atoms. The number of hydrogen-bond donors (Lipinski definition) is 1. The van der Waals surface area contributed by atoms with Gasteiger partial charge in [-0.15, -0.1) is 0 Å². The van der Waals surface area contributed by atoms with Crippen LogP contribution in [0.5, 0.6) is 0 Å². The summed E-state index contributed by atoms with van der Waals surface area (Å²) >= 11 is 0. The molecule has 1 atom stereocenters. The van der Waals surface area contributed by atoms with Gasteiger partial charge in [-0.05, 0) is 26.2 Å². The van der Waals surface area contributed by atoms with Crippen LogP contribution < -0.4 is 0 Å². The van der Waals surface area contributed by atoms with Gasteiger partial charge in [-0.1, -0.05) is 0 Å². The molecule has 90 valence electrons. The van der Waals surface area contributed by atoms with E-state index in [4.69, 9.17) is 5.11 Å². The molecule has 1 unspecified atom stereocenters. The standard InChI is InChI=1S/C11H18N2O3/c1-2-13(9-3-4-9)11(16)12-6-5-8(7-12)10(14)15/h8-9H,2-7H2,1H3,(H,14,15). The number of likely N-dealkylation sites (tertiary alicyclic amines) is 1. The highest BCUT2D eigenvalue weighted by molar-refractivity contribution is 5.78. The molecule has 0 radical (unpaired) electrons. The van der Waals surface area contributed by atoms with Crippen molar-refractivity contribution in [1.82, 2.24) is 9.80 Å². The molecule has 2 fully saturated rings. The van der Waals surface area contributed by atoms with E-state index >= 15 is 0 Å². The molecule has 1 saturated carbocycles. The van der Waals surface area contributed by atoms with Gasteiger partial charge < -0.3 is 14.9 Å². The van der Waals surface area contributed by atoms with Crippen LogP contribution in [-0.4, -0.2) is 52.6 Å². The predicted molar refractivity (Wildman–Crippen MR) is 58.1 cm³/mol. The van der Waals surface area contributed by atoms with Crippen molar-refractivity contribution in [2.24, 2.45) is 5.92 Å². The van der Waals surface area contributed by atoms with Gasteiger partial charge in [0.05, 0.1) is 5.92 Å². The van der Waals surface area contributed by atoms with Crippen LogP contribution in [0.15, 0.2) is 0 Å². The van der Waals surface area contributed by atoms with E-state index < -0.39 is 5.97 Å². The van der Waals surface area contributed by atoms with Crippen LogP contribution in [0.4, 0.5) is 4.79 Å². The smallest absolute Gasteiger partial charge is 0.320 e. The first-order chi connectivity index (χ1) is 7.63. The highest BCUT2D eigenvalue weighted by Crippen LogP contribution is 2.28. The Morgan fingerprint density at radius 1 is 1.38 bits per heavy atom. The van der Waals surface area contributed by atoms with Crippen LogP contribution >= 0.6 is 0 Å². The number of carboxylic acid groups (broad SMARTS) is 1. The third kappa shape index (κ3) is 2.13. The first-order valence-corrected chi connectivity index (χ1v) is 5.91. The van der Waals surface area contributed by atoms with E-state index in [-0.39, 0.29) is 11.9 Å². The quantitative estimate of drug-likeness (QED) is 0.780. The molecule has 2 aliphatic rings. The monoisotopic (exact) mass is 226 g/mol. The van der Waals surface area contributed by atoms with Crippen molar-refractivity contribution in [2.45, 2.75) is 32.2 Å². The van der Waals surface area contributed by atoms with Crippen molar-refractivity contribution in [2.75, 3.05) is 19.6 Å². The molecule has 1 N–H and O–H groups in total. The number of carbonyl (C=O) groups excluding carboxylic acids is 1. The van der Waals surface area contributed by atoms with Crippen molar-refractivity contribution in [3.8, 4) is 0 Å². The Balaban J connectivity index is 1.92. The predicted octanol–water partition coefficient (Wildman–Crippen LogP) is 0.997. The number of aliphatic carboxylic acids is 1. The molecule has 0 aromatic heterocycles. The number of carboxylic acids is 1. The maximum absolute atomic E-state index is 12.1. The van der Waals surface area contributed by atoms with E-state index in [0.717, 1.165) is 19.4 Å². The van der Waals surface area contributed by atoms with Crippen LogP contribution in [0.25, 0.3) is 0 Å². The highest BCUT2D eigenvalue weighted by Gasteiger charge is 2.37. The van der Waals surface area contributed by atoms with E-state index in [2.05, 4.69) is 0 Å². The fourth-order valence-corrected chi connectivity index (χ4v) is 2.25. The Kier molecular flexibility index (Phi) is 3.03. The molecule has 2 rings (SSSR count). The summed E-state index contributed by atoms with van der Waals surface area (Å²) in [6.07, 6.45) is 2.77. The number of urea groups is 1. The summed E-state index contributed by atoms with van der Waals surface area (Å²) in [7, 11) is 0. The van der Waals surface area contributed by atoms with Gasteiger partial charge in [-0.2, -0.15) is 0 Å². The van der Waals surface area contributed by atoms with Crippen molar-refractivity contribution >= 4 is 12.0 Å². The minimum absolute atomic E-state index is 0.0220. The molecule has 1 heterocycles. The zero-order valence-electron chi connectivity index (χ0n) is 9.56. The van der Waals surface area contributed by atoms with Gasteiger partial charge >= 0.3 is 12.0 Å². The van der Waals surface area contributed by atoms with Gasteiger partial charge in [0.25, 0.3) is 0 Å². The van der Waals surface area contributed by atoms with Crippen LogP contribution in [0.1, 0.15) is 26.2 Å². The Labute approximate surface area is 95.0 Å². The highest BCUT2D eigenvalue weighted by atomic mass is 16.4. The Morgan fingerprint density at radius 2 is 2.06 bits per heavy atom. The summed E-state index contributed by atoms with van der Waals surface area (Å²) in [6, 6.07) is 0.426. The van der Waals surface area contributed by atoms with Gasteiger partial charge in [0.15, 0.2) is 0 Å². The SMILES string of the molecule is CCN(C(=O)N1CCC(C(=O)O)C1)C1CC1. The third-order valence-electron chi connectivity index (χ3n) is 3.38. The molecular weight excluding hydrogens is 208 g/mol. The fourth-order valence-electron chi connectivity index (χ4n) is 2.25. The second-order valence-corrected chi connectivity index (χ2v) is 4.57. The summed E-state index contributed by atoms with van der Waals surface area (Å²) < 4.78 is 0. The molecule has 1 aliphatic carbocycles. The largest absolute Gasteiger partial charge is 0.481 e. The summed E-state index contributed by atoms with van der Waals surface area (Å²) in [5.74, 6) is -1.16. The molecule has 0 bridgehead atoms. The first-order valence-electron chi connectivity index (χ1n) is 5.91. The van der Waals surface area contributed by atoms with Crippen LogP contribution in [0, 0.1) is 5.92 Å². The Morgan fingerprint density at radius 3 is 2.50 bits per heavy atom. The van der Waals surface area contributed by atoms with Gasteiger partial charge in [-0.25, -0.2) is 4.79 Å². The normalized spacial score (nSPS) is 24.6. The molecule has 0 aromatic rings. The minimum Gasteiger partial charge on any atom is -0.481 e. The van der Waals surface area contributed by atoms with Crippen molar-refractivity contribution in [3.63, 3.8) is 0 Å². The lowest BCUT2D eigenvalue weighted by Crippen LogP contribution is -2.43. The van der Waals surface area contributed by atoms with Crippen LogP contribution in [-0.2, 0) is 4.79 Å². The molecular formula is C11H18N2O3. The number of rotatable bonds is 3. The molecule has 2 amide bonds. The Hall–Kier alpha value is -1.26. The molecule has 16 heavy (non-hydrogen) atoms. The molecule has 5 nitrogen and oxygen atoms in total. The average molecular weight is 226 g/mol. The van der Waals surface area contributed by atoms with Crippen LogP contribution in [0.2, 0.25) is 0 Å². The summed E-state index contributed by atoms with van der Waals surface area (Å²) in [4.78, 5) is 26.4. The lowest BCUT2D eigenvalue weighted by atomic mass is 10.1. The van der Waals surface area contributed by atoms with Crippen molar-refractivity contribution < 1.29 is 14.7 Å². The zero-order valence-corrected chi connectivity index (χ0v) is 9.56. The van der Waals surface area contributed by atoms with E-state index in [1.54, 1.807) is 4.90 Å². The minimum atomic E-state index is -0.787. The first kappa shape index (κ1) is 11.2. The average Bonchev–Trinajstić information content (AvgIpc) is 2.96. The summed E-state index contributed by atoms with van der Waals surface area (Å²) in [6.45, 7) is 3.65. The lowest BCUT2D eigenvalue weighted by Gasteiger charge is -2.26. The molecule has 1 saturated heterocycles. The van der Waals surface area contributed by atoms with Gasteiger partial charge in [0.2, 0.25) is 0 Å². The summed E-state index contributed by atoms with van der Waals surface area (Å²) in [5, 5.41) is 8.88. The summed E-state index contributed by atoms with van der Waals surface area (Å²) in [5.41, 5.74) is 0. The number of amides is 2. The maximum atomic E-state index is 12.1. The van der Waals surface area contributed by atoms with Gasteiger partial charge in [0, 0.05) is 25.7 Å². The fraction of sp³-hybridized carbons (Fsp3) is 0.818. The van der Waals surface area contributed by atoms with Crippen molar-refractivity contribution in [1.29, 1.82) is 0 Å². The molecule has 0 aromatic carbocycles. The zero-order chi connectivity index (χ0) is 11.7. The lowest BCUT2D eigenvalue weighted by molar-refractivity contribution is -0.141. The van der Waals surface area contributed by atoms with Gasteiger partial charge in [-0.3, -0.25) is 4.79 Å². The second-order valence-electron chi connectivity index (χ2n) is 4.57. The third-order valence-corrected chi connectivity index (χ3v) is 3.38. The van der Waals surface area contributed by atoms with Crippen LogP contribution in [0.3, 0.4) is 0 Å². The molecule has 1 aliphatic heterocycles. The maximum Gasteiger partial charge on any atom is 0.320 e. The van der Waals surface area contributed by atoms with E-state index in [1.807, 2.05) is 11.8 Å². The topological polar surface area (TPSA) is 60.9 Å². The number of carbonyl (C=O) groups is 2. The van der Waals surface area contributed by atoms with E-state index in [1.165, 1.54) is 0 Å². The Bertz CT molecular complexity index is 302. The van der Waals surface area contributed by atoms with E-state index in [9.17, 15) is 9.59 Å². The second kappa shape index (κ2) is 4.31. The number of nitrogens with zero attached hydrogens (tertiary/aromatic N) is 2. The van der Waals surface area contributed by atoms with E-state index in [0.29, 0.717) is 25.6 Å². The van der Waals surface area contributed by atoms with Gasteiger partial charge in [0.1, 0.15) is 0 Å².